The van der Waals surface area contributed by atoms with E-state index >= 15 is 0 Å². The molecule has 1 aromatic carbocycles. The average molecular weight is 252 g/mol. The van der Waals surface area contributed by atoms with Crippen LogP contribution in [0.2, 0.25) is 0 Å². The lowest BCUT2D eigenvalue weighted by molar-refractivity contribution is -0.270. The van der Waals surface area contributed by atoms with Crippen LogP contribution in [0.1, 0.15) is 5.56 Å². The lowest BCUT2D eigenvalue weighted by atomic mass is 10.2. The lowest BCUT2D eigenvalue weighted by Crippen LogP contribution is -2.40. The summed E-state index contributed by atoms with van der Waals surface area (Å²) in [6.07, 6.45) is 0. The average Bonchev–Trinajstić information content (AvgIpc) is 2.39. The molecule has 92 valence electrons. The first-order valence-electron chi connectivity index (χ1n) is 5.44. The summed E-state index contributed by atoms with van der Waals surface area (Å²) in [5.74, 6) is 0.208. The molecule has 1 aliphatic rings. The molecule has 0 spiro atoms. The van der Waals surface area contributed by atoms with Gasteiger partial charge >= 0.3 is 0 Å². The Bertz CT molecular complexity index is 416. The molecule has 0 unspecified atom stereocenters. The SMILES string of the molecule is COc1cc(C(=S)N2CCOCC2)ccc1[O-]. The molecular weight excluding hydrogens is 238 g/mol. The first-order chi connectivity index (χ1) is 8.22. The van der Waals surface area contributed by atoms with Gasteiger partial charge in [-0.25, -0.2) is 0 Å². The van der Waals surface area contributed by atoms with E-state index in [0.29, 0.717) is 19.0 Å². The van der Waals surface area contributed by atoms with Crippen LogP contribution in [-0.4, -0.2) is 43.3 Å². The maximum absolute atomic E-state index is 11.4. The van der Waals surface area contributed by atoms with Crippen LogP contribution < -0.4 is 9.84 Å². The fourth-order valence-electron chi connectivity index (χ4n) is 1.75. The first-order valence-corrected chi connectivity index (χ1v) is 5.85. The molecular formula is C12H14NO3S-. The Morgan fingerprint density at radius 1 is 1.41 bits per heavy atom. The molecule has 2 rings (SSSR count). The summed E-state index contributed by atoms with van der Waals surface area (Å²) in [7, 11) is 1.48. The highest BCUT2D eigenvalue weighted by molar-refractivity contribution is 7.80. The Labute approximate surface area is 106 Å². The fourth-order valence-corrected chi connectivity index (χ4v) is 2.06. The van der Waals surface area contributed by atoms with Gasteiger partial charge in [0.2, 0.25) is 0 Å². The van der Waals surface area contributed by atoms with Gasteiger partial charge in [-0.1, -0.05) is 30.1 Å². The number of methoxy groups -OCH3 is 1. The van der Waals surface area contributed by atoms with E-state index in [1.807, 2.05) is 0 Å². The molecule has 0 aromatic heterocycles. The fraction of sp³-hybridized carbons (Fsp3) is 0.417. The second-order valence-corrected chi connectivity index (χ2v) is 4.16. The van der Waals surface area contributed by atoms with Crippen LogP contribution in [0.4, 0.5) is 0 Å². The maximum atomic E-state index is 11.4. The Balaban J connectivity index is 2.18. The number of ether oxygens (including phenoxy) is 2. The Morgan fingerprint density at radius 3 is 2.76 bits per heavy atom. The molecule has 1 aromatic rings. The minimum absolute atomic E-state index is 0.124. The number of thiocarbonyl (C=S) groups is 1. The van der Waals surface area contributed by atoms with Crippen molar-refractivity contribution >= 4 is 17.2 Å². The molecule has 1 aliphatic heterocycles. The van der Waals surface area contributed by atoms with Crippen molar-refractivity contribution in [1.82, 2.24) is 4.90 Å². The molecule has 0 N–H and O–H groups in total. The number of benzene rings is 1. The highest BCUT2D eigenvalue weighted by Crippen LogP contribution is 2.24. The third kappa shape index (κ3) is 2.68. The van der Waals surface area contributed by atoms with Gasteiger partial charge in [0.05, 0.1) is 20.3 Å². The van der Waals surface area contributed by atoms with E-state index in [0.717, 1.165) is 23.6 Å². The van der Waals surface area contributed by atoms with Crippen molar-refractivity contribution in [3.8, 4) is 11.5 Å². The van der Waals surface area contributed by atoms with Gasteiger partial charge in [0, 0.05) is 18.7 Å². The third-order valence-electron chi connectivity index (χ3n) is 2.71. The van der Waals surface area contributed by atoms with E-state index in [2.05, 4.69) is 4.90 Å². The largest absolute Gasteiger partial charge is 0.870 e. The summed E-state index contributed by atoms with van der Waals surface area (Å²) in [6, 6.07) is 4.92. The predicted octanol–water partition coefficient (Wildman–Crippen LogP) is 0.776. The number of rotatable bonds is 2. The number of hydrogen-bond donors (Lipinski definition) is 0. The van der Waals surface area contributed by atoms with E-state index in [1.165, 1.54) is 13.2 Å². The minimum atomic E-state index is -0.124. The van der Waals surface area contributed by atoms with Crippen LogP contribution in [0.15, 0.2) is 18.2 Å². The van der Waals surface area contributed by atoms with Crippen LogP contribution in [0, 0.1) is 0 Å². The van der Waals surface area contributed by atoms with Gasteiger partial charge in [0.15, 0.2) is 0 Å². The van der Waals surface area contributed by atoms with E-state index < -0.39 is 0 Å². The van der Waals surface area contributed by atoms with Gasteiger partial charge in [-0.15, -0.1) is 0 Å². The molecule has 1 fully saturated rings. The topological polar surface area (TPSA) is 44.8 Å². The second-order valence-electron chi connectivity index (χ2n) is 3.77. The summed E-state index contributed by atoms with van der Waals surface area (Å²) >= 11 is 5.40. The van der Waals surface area contributed by atoms with Crippen molar-refractivity contribution in [3.05, 3.63) is 23.8 Å². The first kappa shape index (κ1) is 12.1. The van der Waals surface area contributed by atoms with Crippen LogP contribution in [-0.2, 0) is 4.74 Å². The molecule has 1 saturated heterocycles. The van der Waals surface area contributed by atoms with E-state index in [9.17, 15) is 5.11 Å². The van der Waals surface area contributed by atoms with Gasteiger partial charge in [0.1, 0.15) is 10.7 Å². The van der Waals surface area contributed by atoms with Crippen LogP contribution in [0.3, 0.4) is 0 Å². The van der Waals surface area contributed by atoms with Gasteiger partial charge in [-0.3, -0.25) is 0 Å². The molecule has 0 aliphatic carbocycles. The van der Waals surface area contributed by atoms with E-state index in [-0.39, 0.29) is 5.75 Å². The maximum Gasteiger partial charge on any atom is 0.111 e. The minimum Gasteiger partial charge on any atom is -0.870 e. The van der Waals surface area contributed by atoms with Crippen LogP contribution in [0.5, 0.6) is 11.5 Å². The Morgan fingerprint density at radius 2 is 2.12 bits per heavy atom. The summed E-state index contributed by atoms with van der Waals surface area (Å²) in [6.45, 7) is 2.97. The molecule has 17 heavy (non-hydrogen) atoms. The van der Waals surface area contributed by atoms with E-state index in [1.54, 1.807) is 12.1 Å². The van der Waals surface area contributed by atoms with Gasteiger partial charge in [0.25, 0.3) is 0 Å². The molecule has 0 bridgehead atoms. The standard InChI is InChI=1S/C12H15NO3S/c1-15-11-8-9(2-3-10(11)14)12(17)13-4-6-16-7-5-13/h2-3,8,14H,4-7H2,1H3/p-1. The Kier molecular flexibility index (Phi) is 3.81. The molecule has 0 amide bonds. The van der Waals surface area contributed by atoms with Gasteiger partial charge in [-0.05, 0) is 6.07 Å². The van der Waals surface area contributed by atoms with Crippen molar-refractivity contribution in [3.63, 3.8) is 0 Å². The van der Waals surface area contributed by atoms with Crippen LogP contribution >= 0.6 is 12.2 Å². The highest BCUT2D eigenvalue weighted by atomic mass is 32.1. The molecule has 0 saturated carbocycles. The van der Waals surface area contributed by atoms with Crippen LogP contribution in [0.25, 0.3) is 0 Å². The summed E-state index contributed by atoms with van der Waals surface area (Å²) in [4.78, 5) is 2.82. The molecule has 0 radical (unpaired) electrons. The number of hydrogen-bond acceptors (Lipinski definition) is 4. The molecule has 0 atom stereocenters. The normalized spacial score (nSPS) is 15.7. The zero-order valence-corrected chi connectivity index (χ0v) is 10.5. The second kappa shape index (κ2) is 5.33. The predicted molar refractivity (Wildman–Crippen MR) is 66.5 cm³/mol. The third-order valence-corrected chi connectivity index (χ3v) is 3.20. The smallest absolute Gasteiger partial charge is 0.111 e. The van der Waals surface area contributed by atoms with Crippen molar-refractivity contribution < 1.29 is 14.6 Å². The van der Waals surface area contributed by atoms with Gasteiger partial charge < -0.3 is 19.5 Å². The molecule has 5 heteroatoms. The Hall–Kier alpha value is -1.33. The van der Waals surface area contributed by atoms with Crippen molar-refractivity contribution in [1.29, 1.82) is 0 Å². The zero-order valence-electron chi connectivity index (χ0n) is 9.64. The van der Waals surface area contributed by atoms with Crippen molar-refractivity contribution in [2.75, 3.05) is 33.4 Å². The van der Waals surface area contributed by atoms with Gasteiger partial charge in [-0.2, -0.15) is 0 Å². The van der Waals surface area contributed by atoms with E-state index in [4.69, 9.17) is 21.7 Å². The number of nitrogens with zero attached hydrogens (tertiary/aromatic N) is 1. The lowest BCUT2D eigenvalue weighted by Gasteiger charge is -2.29. The number of morpholine rings is 1. The van der Waals surface area contributed by atoms with Crippen molar-refractivity contribution in [2.24, 2.45) is 0 Å². The quantitative estimate of drug-likeness (QED) is 0.728. The zero-order chi connectivity index (χ0) is 12.3. The highest BCUT2D eigenvalue weighted by Gasteiger charge is 2.15. The molecule has 4 nitrogen and oxygen atoms in total. The monoisotopic (exact) mass is 252 g/mol. The van der Waals surface area contributed by atoms with Crippen molar-refractivity contribution in [2.45, 2.75) is 0 Å². The molecule has 1 heterocycles. The summed E-state index contributed by atoms with van der Waals surface area (Å²) < 4.78 is 10.3. The summed E-state index contributed by atoms with van der Waals surface area (Å²) in [5.41, 5.74) is 0.846. The summed E-state index contributed by atoms with van der Waals surface area (Å²) in [5, 5.41) is 11.4.